The van der Waals surface area contributed by atoms with Crippen LogP contribution >= 0.6 is 0 Å². The van der Waals surface area contributed by atoms with Crippen LogP contribution in [0.5, 0.6) is 0 Å². The molecule has 2 aliphatic carbocycles. The summed E-state index contributed by atoms with van der Waals surface area (Å²) in [6.07, 6.45) is 7.93. The van der Waals surface area contributed by atoms with Gasteiger partial charge >= 0.3 is 0 Å². The molecule has 0 amide bonds. The fourth-order valence-electron chi connectivity index (χ4n) is 2.26. The fourth-order valence-corrected chi connectivity index (χ4v) is 2.26. The van der Waals surface area contributed by atoms with Gasteiger partial charge in [-0.3, -0.25) is 0 Å². The van der Waals surface area contributed by atoms with Gasteiger partial charge in [-0.15, -0.1) is 0 Å². The molecule has 1 aromatic rings. The molecule has 3 heteroatoms. The Labute approximate surface area is 83.8 Å². The minimum Gasteiger partial charge on any atom is -0.323 e. The van der Waals surface area contributed by atoms with Gasteiger partial charge in [0.1, 0.15) is 5.82 Å². The van der Waals surface area contributed by atoms with Crippen molar-refractivity contribution < 1.29 is 0 Å². The molecule has 1 atom stereocenters. The SMILES string of the molecule is NC1CCc2cnc(C3CCC3)nc21. The fraction of sp³-hybridized carbons (Fsp3) is 0.636. The van der Waals surface area contributed by atoms with Crippen LogP contribution in [-0.4, -0.2) is 9.97 Å². The number of hydrogen-bond donors (Lipinski definition) is 1. The number of aryl methyl sites for hydroxylation is 1. The smallest absolute Gasteiger partial charge is 0.131 e. The van der Waals surface area contributed by atoms with Gasteiger partial charge in [-0.05, 0) is 31.2 Å². The lowest BCUT2D eigenvalue weighted by Crippen LogP contribution is -2.15. The van der Waals surface area contributed by atoms with Crippen LogP contribution in [0.4, 0.5) is 0 Å². The quantitative estimate of drug-likeness (QED) is 0.731. The highest BCUT2D eigenvalue weighted by Crippen LogP contribution is 2.36. The molecule has 2 N–H and O–H groups in total. The molecule has 3 nitrogen and oxygen atoms in total. The maximum Gasteiger partial charge on any atom is 0.131 e. The Bertz CT molecular complexity index is 358. The molecule has 0 saturated heterocycles. The Morgan fingerprint density at radius 3 is 2.86 bits per heavy atom. The summed E-state index contributed by atoms with van der Waals surface area (Å²) < 4.78 is 0. The minimum absolute atomic E-state index is 0.159. The normalized spacial score (nSPS) is 25.9. The van der Waals surface area contributed by atoms with Gasteiger partial charge in [-0.25, -0.2) is 9.97 Å². The van der Waals surface area contributed by atoms with Crippen LogP contribution in [0.3, 0.4) is 0 Å². The summed E-state index contributed by atoms with van der Waals surface area (Å²) in [5, 5.41) is 0. The molecule has 1 fully saturated rings. The second-order valence-corrected chi connectivity index (χ2v) is 4.41. The molecule has 0 bridgehead atoms. The van der Waals surface area contributed by atoms with E-state index < -0.39 is 0 Å². The Hall–Kier alpha value is -0.960. The Balaban J connectivity index is 1.97. The summed E-state index contributed by atoms with van der Waals surface area (Å²) in [4.78, 5) is 9.06. The third-order valence-electron chi connectivity index (χ3n) is 3.46. The van der Waals surface area contributed by atoms with Gasteiger partial charge in [0.15, 0.2) is 0 Å². The van der Waals surface area contributed by atoms with E-state index in [0.29, 0.717) is 5.92 Å². The molecular weight excluding hydrogens is 174 g/mol. The van der Waals surface area contributed by atoms with E-state index in [1.54, 1.807) is 0 Å². The molecule has 1 heterocycles. The topological polar surface area (TPSA) is 51.8 Å². The predicted molar refractivity (Wildman–Crippen MR) is 53.9 cm³/mol. The average Bonchev–Trinajstić information content (AvgIpc) is 2.45. The molecule has 3 rings (SSSR count). The van der Waals surface area contributed by atoms with Gasteiger partial charge in [0.2, 0.25) is 0 Å². The highest BCUT2D eigenvalue weighted by molar-refractivity contribution is 5.27. The molecular formula is C11H15N3. The second-order valence-electron chi connectivity index (χ2n) is 4.41. The maximum absolute atomic E-state index is 5.98. The third kappa shape index (κ3) is 1.16. The second kappa shape index (κ2) is 3.02. The zero-order chi connectivity index (χ0) is 9.54. The predicted octanol–water partition coefficient (Wildman–Crippen LogP) is 1.69. The highest BCUT2D eigenvalue weighted by atomic mass is 14.9. The van der Waals surface area contributed by atoms with Crippen molar-refractivity contribution in [1.29, 1.82) is 0 Å². The van der Waals surface area contributed by atoms with Gasteiger partial charge in [-0.1, -0.05) is 6.42 Å². The van der Waals surface area contributed by atoms with E-state index in [9.17, 15) is 0 Å². The van der Waals surface area contributed by atoms with Crippen LogP contribution in [0.1, 0.15) is 54.7 Å². The van der Waals surface area contributed by atoms with Crippen LogP contribution < -0.4 is 5.73 Å². The largest absolute Gasteiger partial charge is 0.323 e. The summed E-state index contributed by atoms with van der Waals surface area (Å²) in [5.41, 5.74) is 8.36. The Morgan fingerprint density at radius 1 is 1.29 bits per heavy atom. The lowest BCUT2D eigenvalue weighted by Gasteiger charge is -2.24. The summed E-state index contributed by atoms with van der Waals surface area (Å²) >= 11 is 0. The summed E-state index contributed by atoms with van der Waals surface area (Å²) in [5.74, 6) is 1.65. The van der Waals surface area contributed by atoms with Crippen molar-refractivity contribution in [1.82, 2.24) is 9.97 Å². The molecule has 0 radical (unpaired) electrons. The first-order valence-electron chi connectivity index (χ1n) is 5.46. The molecule has 2 aliphatic rings. The number of aromatic nitrogens is 2. The summed E-state index contributed by atoms with van der Waals surface area (Å²) in [6.45, 7) is 0. The van der Waals surface area contributed by atoms with Crippen molar-refractivity contribution >= 4 is 0 Å². The zero-order valence-corrected chi connectivity index (χ0v) is 8.24. The van der Waals surface area contributed by atoms with Gasteiger partial charge in [0.05, 0.1) is 5.69 Å². The summed E-state index contributed by atoms with van der Waals surface area (Å²) in [6, 6.07) is 0.159. The molecule has 1 aromatic heterocycles. The average molecular weight is 189 g/mol. The first-order valence-corrected chi connectivity index (χ1v) is 5.46. The van der Waals surface area contributed by atoms with Crippen molar-refractivity contribution in [3.63, 3.8) is 0 Å². The van der Waals surface area contributed by atoms with E-state index in [0.717, 1.165) is 24.4 Å². The number of rotatable bonds is 1. The molecule has 74 valence electrons. The van der Waals surface area contributed by atoms with Crippen molar-refractivity contribution in [2.24, 2.45) is 5.73 Å². The number of hydrogen-bond acceptors (Lipinski definition) is 3. The van der Waals surface area contributed by atoms with Crippen LogP contribution in [0.2, 0.25) is 0 Å². The van der Waals surface area contributed by atoms with Gasteiger partial charge < -0.3 is 5.73 Å². The van der Waals surface area contributed by atoms with Gasteiger partial charge in [0.25, 0.3) is 0 Å². The highest BCUT2D eigenvalue weighted by Gasteiger charge is 2.26. The molecule has 0 spiro atoms. The van der Waals surface area contributed by atoms with E-state index in [1.807, 2.05) is 6.20 Å². The number of fused-ring (bicyclic) bond motifs is 1. The Morgan fingerprint density at radius 2 is 2.14 bits per heavy atom. The van der Waals surface area contributed by atoms with E-state index in [1.165, 1.54) is 24.8 Å². The van der Waals surface area contributed by atoms with E-state index in [-0.39, 0.29) is 6.04 Å². The van der Waals surface area contributed by atoms with Gasteiger partial charge in [0, 0.05) is 18.2 Å². The zero-order valence-electron chi connectivity index (χ0n) is 8.24. The van der Waals surface area contributed by atoms with Crippen molar-refractivity contribution in [3.8, 4) is 0 Å². The van der Waals surface area contributed by atoms with E-state index >= 15 is 0 Å². The molecule has 1 unspecified atom stereocenters. The van der Waals surface area contributed by atoms with Crippen LogP contribution in [0.25, 0.3) is 0 Å². The monoisotopic (exact) mass is 189 g/mol. The van der Waals surface area contributed by atoms with E-state index in [4.69, 9.17) is 5.73 Å². The third-order valence-corrected chi connectivity index (χ3v) is 3.46. The van der Waals surface area contributed by atoms with E-state index in [2.05, 4.69) is 9.97 Å². The minimum atomic E-state index is 0.159. The Kier molecular flexibility index (Phi) is 1.80. The molecule has 0 aromatic carbocycles. The number of nitrogens with zero attached hydrogens (tertiary/aromatic N) is 2. The lowest BCUT2D eigenvalue weighted by molar-refractivity contribution is 0.399. The summed E-state index contributed by atoms with van der Waals surface area (Å²) in [7, 11) is 0. The maximum atomic E-state index is 5.98. The molecule has 1 saturated carbocycles. The van der Waals surface area contributed by atoms with Crippen molar-refractivity contribution in [2.75, 3.05) is 0 Å². The van der Waals surface area contributed by atoms with Crippen LogP contribution in [0, 0.1) is 0 Å². The standard InChI is InChI=1S/C11H15N3/c12-9-5-4-8-6-13-11(14-10(8)9)7-2-1-3-7/h6-7,9H,1-5,12H2. The van der Waals surface area contributed by atoms with Gasteiger partial charge in [-0.2, -0.15) is 0 Å². The van der Waals surface area contributed by atoms with Crippen LogP contribution in [0.15, 0.2) is 6.20 Å². The molecule has 14 heavy (non-hydrogen) atoms. The molecule has 0 aliphatic heterocycles. The number of nitrogens with two attached hydrogens (primary N) is 1. The van der Waals surface area contributed by atoms with Crippen molar-refractivity contribution in [2.45, 2.75) is 44.1 Å². The first-order chi connectivity index (χ1) is 6.84. The first kappa shape index (κ1) is 8.36. The van der Waals surface area contributed by atoms with Crippen molar-refractivity contribution in [3.05, 3.63) is 23.3 Å². The lowest BCUT2D eigenvalue weighted by atomic mass is 9.85. The van der Waals surface area contributed by atoms with Crippen LogP contribution in [-0.2, 0) is 6.42 Å².